The minimum atomic E-state index is -4.08. The minimum absolute atomic E-state index is 0.108. The van der Waals surface area contributed by atoms with E-state index in [1.807, 2.05) is 6.07 Å². The number of rotatable bonds is 8. The van der Waals surface area contributed by atoms with E-state index in [-0.39, 0.29) is 17.2 Å². The lowest BCUT2D eigenvalue weighted by atomic mass is 10.1. The van der Waals surface area contributed by atoms with Gasteiger partial charge in [0.15, 0.2) is 0 Å². The predicted molar refractivity (Wildman–Crippen MR) is 120 cm³/mol. The molecule has 0 aliphatic carbocycles. The quantitative estimate of drug-likeness (QED) is 0.485. The van der Waals surface area contributed by atoms with Crippen molar-refractivity contribution in [1.29, 1.82) is 0 Å². The number of halogens is 1. The van der Waals surface area contributed by atoms with Crippen molar-refractivity contribution in [3.63, 3.8) is 0 Å². The molecule has 3 rings (SSSR count). The maximum absolute atomic E-state index is 13.2. The Morgan fingerprint density at radius 1 is 0.844 bits per heavy atom. The third-order valence-electron chi connectivity index (χ3n) is 4.49. The summed E-state index contributed by atoms with van der Waals surface area (Å²) in [4.78, 5) is 24.0. The molecule has 0 saturated heterocycles. The normalized spacial score (nSPS) is 12.1. The van der Waals surface area contributed by atoms with Crippen molar-refractivity contribution in [1.82, 2.24) is 4.72 Å². The molecule has 1 atom stereocenters. The third-order valence-corrected chi connectivity index (χ3v) is 5.98. The Labute approximate surface area is 185 Å². The molecule has 2 amide bonds. The van der Waals surface area contributed by atoms with Gasteiger partial charge < -0.3 is 10.6 Å². The molecule has 7 nitrogen and oxygen atoms in total. The summed E-state index contributed by atoms with van der Waals surface area (Å²) in [7, 11) is -4.08. The maximum Gasteiger partial charge on any atom is 0.242 e. The molecule has 9 heteroatoms. The van der Waals surface area contributed by atoms with Gasteiger partial charge in [-0.15, -0.1) is 0 Å². The summed E-state index contributed by atoms with van der Waals surface area (Å²) in [5.41, 5.74) is 1.76. The minimum Gasteiger partial charge on any atom is -0.326 e. The van der Waals surface area contributed by atoms with Crippen LogP contribution in [-0.2, 0) is 26.0 Å². The van der Waals surface area contributed by atoms with Gasteiger partial charge in [0.25, 0.3) is 0 Å². The van der Waals surface area contributed by atoms with Crippen LogP contribution in [0.1, 0.15) is 12.5 Å². The van der Waals surface area contributed by atoms with E-state index in [0.29, 0.717) is 11.4 Å². The summed E-state index contributed by atoms with van der Waals surface area (Å²) in [6, 6.07) is 18.6. The van der Waals surface area contributed by atoms with Crippen molar-refractivity contribution in [2.45, 2.75) is 24.3 Å². The van der Waals surface area contributed by atoms with E-state index in [9.17, 15) is 22.4 Å². The lowest BCUT2D eigenvalue weighted by molar-refractivity contribution is -0.117. The highest BCUT2D eigenvalue weighted by Gasteiger charge is 2.26. The molecule has 32 heavy (non-hydrogen) atoms. The first kappa shape index (κ1) is 23.1. The molecule has 3 N–H and O–H groups in total. The highest BCUT2D eigenvalue weighted by Crippen LogP contribution is 2.16. The van der Waals surface area contributed by atoms with E-state index in [4.69, 9.17) is 0 Å². The zero-order valence-electron chi connectivity index (χ0n) is 17.2. The van der Waals surface area contributed by atoms with Crippen LogP contribution in [0.4, 0.5) is 15.8 Å². The Hall–Kier alpha value is -3.56. The Bertz CT molecular complexity index is 1180. The third kappa shape index (κ3) is 6.47. The first-order chi connectivity index (χ1) is 15.2. The van der Waals surface area contributed by atoms with Gasteiger partial charge in [-0.3, -0.25) is 9.59 Å². The molecule has 166 valence electrons. The largest absolute Gasteiger partial charge is 0.326 e. The molecular weight excluding hydrogens is 433 g/mol. The predicted octanol–water partition coefficient (Wildman–Crippen LogP) is 3.31. The van der Waals surface area contributed by atoms with E-state index in [1.165, 1.54) is 6.92 Å². The molecule has 0 saturated carbocycles. The zero-order chi connectivity index (χ0) is 23.1. The molecule has 0 heterocycles. The Balaban J connectivity index is 1.81. The monoisotopic (exact) mass is 455 g/mol. The SMILES string of the molecule is CC(=O)Nc1ccc(NC(=O)[C@H](Cc2ccccc2)NS(=O)(=O)c2ccc(F)cc2)cc1. The van der Waals surface area contributed by atoms with Gasteiger partial charge in [-0.1, -0.05) is 30.3 Å². The summed E-state index contributed by atoms with van der Waals surface area (Å²) in [6.07, 6.45) is 0.108. The van der Waals surface area contributed by atoms with Gasteiger partial charge in [-0.2, -0.15) is 4.72 Å². The van der Waals surface area contributed by atoms with Crippen LogP contribution in [0.2, 0.25) is 0 Å². The Morgan fingerprint density at radius 3 is 1.97 bits per heavy atom. The summed E-state index contributed by atoms with van der Waals surface area (Å²) < 4.78 is 41.2. The molecule has 0 radical (unpaired) electrons. The number of nitrogens with one attached hydrogen (secondary N) is 3. The van der Waals surface area contributed by atoms with Gasteiger partial charge in [-0.25, -0.2) is 12.8 Å². The number of sulfonamides is 1. The number of carbonyl (C=O) groups excluding carboxylic acids is 2. The van der Waals surface area contributed by atoms with Crippen LogP contribution in [0.5, 0.6) is 0 Å². The molecule has 0 aliphatic rings. The smallest absolute Gasteiger partial charge is 0.242 e. The van der Waals surface area contributed by atoms with Crippen LogP contribution >= 0.6 is 0 Å². The van der Waals surface area contributed by atoms with Crippen molar-refractivity contribution in [3.8, 4) is 0 Å². The van der Waals surface area contributed by atoms with Crippen molar-refractivity contribution in [2.75, 3.05) is 10.6 Å². The van der Waals surface area contributed by atoms with Gasteiger partial charge in [0.1, 0.15) is 11.9 Å². The number of amides is 2. The number of anilines is 2. The zero-order valence-corrected chi connectivity index (χ0v) is 18.0. The Kier molecular flexibility index (Phi) is 7.34. The summed E-state index contributed by atoms with van der Waals surface area (Å²) in [6.45, 7) is 1.39. The first-order valence-corrected chi connectivity index (χ1v) is 11.2. The van der Waals surface area contributed by atoms with Gasteiger partial charge >= 0.3 is 0 Å². The van der Waals surface area contributed by atoms with Crippen LogP contribution in [0.15, 0.2) is 83.8 Å². The average molecular weight is 456 g/mol. The standard InChI is InChI=1S/C23H22FN3O4S/c1-16(28)25-19-9-11-20(12-10-19)26-23(29)22(15-17-5-3-2-4-6-17)27-32(30,31)21-13-7-18(24)8-14-21/h2-14,22,27H,15H2,1H3,(H,25,28)(H,26,29)/t22-/m0/s1. The molecule has 0 spiro atoms. The number of carbonyl (C=O) groups is 2. The van der Waals surface area contributed by atoms with Crippen LogP contribution in [0, 0.1) is 5.82 Å². The van der Waals surface area contributed by atoms with Crippen molar-refractivity contribution in [2.24, 2.45) is 0 Å². The highest BCUT2D eigenvalue weighted by atomic mass is 32.2. The van der Waals surface area contributed by atoms with Crippen molar-refractivity contribution in [3.05, 3.63) is 90.2 Å². The van der Waals surface area contributed by atoms with Crippen molar-refractivity contribution < 1.29 is 22.4 Å². The molecule has 0 aliphatic heterocycles. The van der Waals surface area contributed by atoms with Crippen LogP contribution in [0.3, 0.4) is 0 Å². The van der Waals surface area contributed by atoms with E-state index >= 15 is 0 Å². The summed E-state index contributed by atoms with van der Waals surface area (Å²) in [5, 5.41) is 5.31. The molecule has 0 aromatic heterocycles. The number of hydrogen-bond donors (Lipinski definition) is 3. The lowest BCUT2D eigenvalue weighted by Crippen LogP contribution is -2.45. The van der Waals surface area contributed by atoms with Gasteiger partial charge in [0.05, 0.1) is 4.90 Å². The van der Waals surface area contributed by atoms with E-state index in [1.54, 1.807) is 48.5 Å². The number of benzene rings is 3. The topological polar surface area (TPSA) is 104 Å². The molecule has 0 bridgehead atoms. The fourth-order valence-corrected chi connectivity index (χ4v) is 4.17. The van der Waals surface area contributed by atoms with E-state index < -0.39 is 27.8 Å². The van der Waals surface area contributed by atoms with E-state index in [0.717, 1.165) is 29.8 Å². The second kappa shape index (κ2) is 10.2. The molecule has 3 aromatic rings. The summed E-state index contributed by atoms with van der Waals surface area (Å²) >= 11 is 0. The van der Waals surface area contributed by atoms with Crippen LogP contribution in [-0.4, -0.2) is 26.3 Å². The first-order valence-electron chi connectivity index (χ1n) is 9.73. The average Bonchev–Trinajstić information content (AvgIpc) is 2.75. The van der Waals surface area contributed by atoms with Gasteiger partial charge in [-0.05, 0) is 60.5 Å². The second-order valence-electron chi connectivity index (χ2n) is 7.07. The molecule has 3 aromatic carbocycles. The van der Waals surface area contributed by atoms with E-state index in [2.05, 4.69) is 15.4 Å². The van der Waals surface area contributed by atoms with Crippen LogP contribution in [0.25, 0.3) is 0 Å². The molecule has 0 fully saturated rings. The maximum atomic E-state index is 13.2. The summed E-state index contributed by atoms with van der Waals surface area (Å²) in [5.74, 6) is -1.35. The molecular formula is C23H22FN3O4S. The second-order valence-corrected chi connectivity index (χ2v) is 8.78. The highest BCUT2D eigenvalue weighted by molar-refractivity contribution is 7.89. The van der Waals surface area contributed by atoms with Gasteiger partial charge in [0.2, 0.25) is 21.8 Å². The van der Waals surface area contributed by atoms with Crippen LogP contribution < -0.4 is 15.4 Å². The fraction of sp³-hybridized carbons (Fsp3) is 0.130. The lowest BCUT2D eigenvalue weighted by Gasteiger charge is -2.19. The van der Waals surface area contributed by atoms with Gasteiger partial charge in [0, 0.05) is 18.3 Å². The molecule has 0 unspecified atom stereocenters. The van der Waals surface area contributed by atoms with Crippen molar-refractivity contribution >= 4 is 33.2 Å². The Morgan fingerprint density at radius 2 is 1.41 bits per heavy atom. The number of hydrogen-bond acceptors (Lipinski definition) is 4. The fourth-order valence-electron chi connectivity index (χ4n) is 2.98.